The molecule has 2 amide bonds. The molecule has 5 rings (SSSR count). The summed E-state index contributed by atoms with van der Waals surface area (Å²) in [7, 11) is 0. The van der Waals surface area contributed by atoms with E-state index >= 15 is 0 Å². The molecular formula is C23H23N3O5. The first-order chi connectivity index (χ1) is 15.0. The first kappa shape index (κ1) is 19.6. The number of nitrogens with one attached hydrogen (secondary N) is 2. The molecule has 8 heteroatoms. The van der Waals surface area contributed by atoms with Crippen LogP contribution < -0.4 is 5.32 Å². The normalized spacial score (nSPS) is 19.2. The zero-order valence-electron chi connectivity index (χ0n) is 17.0. The fourth-order valence-corrected chi connectivity index (χ4v) is 4.60. The van der Waals surface area contributed by atoms with E-state index in [1.165, 1.54) is 12.1 Å². The maximum absolute atomic E-state index is 13.2. The van der Waals surface area contributed by atoms with Crippen LogP contribution in [0, 0.1) is 0 Å². The molecule has 3 N–H and O–H groups in total. The summed E-state index contributed by atoms with van der Waals surface area (Å²) in [6, 6.07) is 4.59. The molecule has 0 bridgehead atoms. The largest absolute Gasteiger partial charge is 0.478 e. The van der Waals surface area contributed by atoms with Crippen LogP contribution >= 0.6 is 0 Å². The number of benzene rings is 1. The minimum absolute atomic E-state index is 0.0319. The van der Waals surface area contributed by atoms with Crippen LogP contribution in [0.25, 0.3) is 11.6 Å². The topological polar surface area (TPSA) is 112 Å². The van der Waals surface area contributed by atoms with Gasteiger partial charge in [-0.2, -0.15) is 0 Å². The third-order valence-electron chi connectivity index (χ3n) is 6.20. The molecule has 1 saturated heterocycles. The average molecular weight is 421 g/mol. The quantitative estimate of drug-likeness (QED) is 0.660. The summed E-state index contributed by atoms with van der Waals surface area (Å²) < 4.78 is 5.36. The molecule has 1 aromatic heterocycles. The number of hydrogen-bond acceptors (Lipinski definition) is 4. The van der Waals surface area contributed by atoms with Gasteiger partial charge in [-0.05, 0) is 61.1 Å². The van der Waals surface area contributed by atoms with Crippen LogP contribution in [0.2, 0.25) is 0 Å². The number of anilines is 1. The summed E-state index contributed by atoms with van der Waals surface area (Å²) in [4.78, 5) is 42.3. The van der Waals surface area contributed by atoms with Crippen LogP contribution in [-0.4, -0.2) is 59.1 Å². The van der Waals surface area contributed by atoms with E-state index in [-0.39, 0.29) is 17.4 Å². The second-order valence-electron chi connectivity index (χ2n) is 8.06. The number of aromatic carboxylic acids is 1. The number of aromatic nitrogens is 1. The molecule has 0 spiro atoms. The van der Waals surface area contributed by atoms with E-state index in [4.69, 9.17) is 4.74 Å². The highest BCUT2D eigenvalue weighted by atomic mass is 16.5. The smallest absolute Gasteiger partial charge is 0.335 e. The second kappa shape index (κ2) is 7.70. The Labute approximate surface area is 178 Å². The lowest BCUT2D eigenvalue weighted by molar-refractivity contribution is -0.110. The van der Waals surface area contributed by atoms with Crippen molar-refractivity contribution in [2.75, 3.05) is 31.6 Å². The van der Waals surface area contributed by atoms with Gasteiger partial charge in [-0.25, -0.2) is 4.79 Å². The molecule has 0 saturated carbocycles. The first-order valence-corrected chi connectivity index (χ1v) is 10.5. The van der Waals surface area contributed by atoms with Gasteiger partial charge in [0.2, 0.25) is 0 Å². The number of fused-ring (bicyclic) bond motifs is 2. The Morgan fingerprint density at radius 2 is 1.84 bits per heavy atom. The zero-order chi connectivity index (χ0) is 21.5. The number of rotatable bonds is 3. The standard InChI is InChI=1S/C23H23N3O5/c27-21-17(16-11-13(23(29)30)5-6-18(16)25-21)12-19-14-3-1-2-4-15(14)20(24-19)22(28)26-7-9-31-10-8-26/h5-6,11-12,24H,1-4,7-10H2,(H,25,27)(H,29,30). The number of ether oxygens (including phenoxy) is 1. The van der Waals surface area contributed by atoms with E-state index in [0.717, 1.165) is 42.5 Å². The minimum Gasteiger partial charge on any atom is -0.478 e. The van der Waals surface area contributed by atoms with Gasteiger partial charge in [0.1, 0.15) is 5.69 Å². The molecule has 0 atom stereocenters. The highest BCUT2D eigenvalue weighted by Gasteiger charge is 2.30. The fourth-order valence-electron chi connectivity index (χ4n) is 4.60. The number of amides is 2. The molecule has 3 heterocycles. The number of carboxylic acids is 1. The Hall–Kier alpha value is -3.39. The number of hydrogen-bond donors (Lipinski definition) is 3. The van der Waals surface area contributed by atoms with Gasteiger partial charge < -0.3 is 25.0 Å². The van der Waals surface area contributed by atoms with E-state index in [1.54, 1.807) is 17.0 Å². The van der Waals surface area contributed by atoms with Crippen LogP contribution in [0.15, 0.2) is 18.2 Å². The van der Waals surface area contributed by atoms with E-state index < -0.39 is 5.97 Å². The van der Waals surface area contributed by atoms with Gasteiger partial charge in [0.05, 0.1) is 24.4 Å². The van der Waals surface area contributed by atoms with Crippen molar-refractivity contribution in [1.29, 1.82) is 0 Å². The molecule has 3 aliphatic rings. The number of nitrogens with zero attached hydrogens (tertiary/aromatic N) is 1. The van der Waals surface area contributed by atoms with Gasteiger partial charge in [0.15, 0.2) is 0 Å². The van der Waals surface area contributed by atoms with Crippen LogP contribution in [0.1, 0.15) is 56.1 Å². The Morgan fingerprint density at radius 3 is 2.58 bits per heavy atom. The van der Waals surface area contributed by atoms with E-state index in [9.17, 15) is 19.5 Å². The SMILES string of the molecule is O=C1Nc2ccc(C(=O)O)cc2C1=Cc1[nH]c(C(=O)N2CCOCC2)c2c1CCCC2. The molecule has 0 radical (unpaired) electrons. The Balaban J connectivity index is 1.57. The Morgan fingerprint density at radius 1 is 1.10 bits per heavy atom. The van der Waals surface area contributed by atoms with E-state index in [1.807, 2.05) is 0 Å². The number of carboxylic acid groups (broad SMARTS) is 1. The summed E-state index contributed by atoms with van der Waals surface area (Å²) in [6.45, 7) is 2.20. The van der Waals surface area contributed by atoms with Crippen LogP contribution in [0.4, 0.5) is 5.69 Å². The van der Waals surface area contributed by atoms with Gasteiger partial charge >= 0.3 is 5.97 Å². The number of aromatic amines is 1. The maximum atomic E-state index is 13.2. The minimum atomic E-state index is -1.04. The van der Waals surface area contributed by atoms with E-state index in [0.29, 0.717) is 48.8 Å². The molecule has 1 aromatic carbocycles. The predicted molar refractivity (Wildman–Crippen MR) is 114 cm³/mol. The second-order valence-corrected chi connectivity index (χ2v) is 8.06. The predicted octanol–water partition coefficient (Wildman–Crippen LogP) is 2.56. The lowest BCUT2D eigenvalue weighted by Crippen LogP contribution is -2.41. The number of carbonyl (C=O) groups excluding carboxylic acids is 2. The van der Waals surface area contributed by atoms with Gasteiger partial charge in [0, 0.05) is 30.0 Å². The maximum Gasteiger partial charge on any atom is 0.335 e. The highest BCUT2D eigenvalue weighted by Crippen LogP contribution is 2.36. The van der Waals surface area contributed by atoms with Gasteiger partial charge in [-0.1, -0.05) is 0 Å². The molecule has 2 aromatic rings. The van der Waals surface area contributed by atoms with Crippen molar-refractivity contribution in [1.82, 2.24) is 9.88 Å². The summed E-state index contributed by atoms with van der Waals surface area (Å²) in [5, 5.41) is 12.1. The Kier molecular flexibility index (Phi) is 4.86. The van der Waals surface area contributed by atoms with Crippen molar-refractivity contribution in [2.45, 2.75) is 25.7 Å². The van der Waals surface area contributed by atoms with Crippen molar-refractivity contribution < 1.29 is 24.2 Å². The number of carbonyl (C=O) groups is 3. The molecule has 31 heavy (non-hydrogen) atoms. The van der Waals surface area contributed by atoms with Crippen molar-refractivity contribution in [3.8, 4) is 0 Å². The highest BCUT2D eigenvalue weighted by molar-refractivity contribution is 6.35. The molecule has 160 valence electrons. The third-order valence-corrected chi connectivity index (χ3v) is 6.20. The molecule has 8 nitrogen and oxygen atoms in total. The van der Waals surface area contributed by atoms with E-state index in [2.05, 4.69) is 10.3 Å². The molecule has 1 aliphatic carbocycles. The summed E-state index contributed by atoms with van der Waals surface area (Å²) in [5.41, 5.74) is 5.14. The van der Waals surface area contributed by atoms with Crippen molar-refractivity contribution in [3.05, 3.63) is 51.8 Å². The van der Waals surface area contributed by atoms with Crippen LogP contribution in [0.5, 0.6) is 0 Å². The average Bonchev–Trinajstić information content (AvgIpc) is 3.31. The van der Waals surface area contributed by atoms with Gasteiger partial charge in [-0.15, -0.1) is 0 Å². The third kappa shape index (κ3) is 3.42. The summed E-state index contributed by atoms with van der Waals surface area (Å²) in [5.74, 6) is -1.36. The Bertz CT molecular complexity index is 1120. The summed E-state index contributed by atoms with van der Waals surface area (Å²) >= 11 is 0. The van der Waals surface area contributed by atoms with Gasteiger partial charge in [0.25, 0.3) is 11.8 Å². The van der Waals surface area contributed by atoms with Gasteiger partial charge in [-0.3, -0.25) is 9.59 Å². The molecular weight excluding hydrogens is 398 g/mol. The van der Waals surface area contributed by atoms with Crippen molar-refractivity contribution in [2.24, 2.45) is 0 Å². The first-order valence-electron chi connectivity index (χ1n) is 10.5. The number of H-pyrrole nitrogens is 1. The lowest BCUT2D eigenvalue weighted by Gasteiger charge is -2.27. The van der Waals surface area contributed by atoms with Crippen LogP contribution in [-0.2, 0) is 22.4 Å². The van der Waals surface area contributed by atoms with Crippen LogP contribution in [0.3, 0.4) is 0 Å². The molecule has 0 unspecified atom stereocenters. The molecule has 2 aliphatic heterocycles. The van der Waals surface area contributed by atoms with Crippen molar-refractivity contribution >= 4 is 35.1 Å². The fraction of sp³-hybridized carbons (Fsp3) is 0.348. The lowest BCUT2D eigenvalue weighted by atomic mass is 9.91. The monoisotopic (exact) mass is 421 g/mol. The van der Waals surface area contributed by atoms with Crippen molar-refractivity contribution in [3.63, 3.8) is 0 Å². The molecule has 1 fully saturated rings. The summed E-state index contributed by atoms with van der Waals surface area (Å²) in [6.07, 6.45) is 5.47. The number of morpholine rings is 1. The zero-order valence-corrected chi connectivity index (χ0v) is 17.0.